The van der Waals surface area contributed by atoms with Crippen LogP contribution in [-0.4, -0.2) is 90.0 Å². The van der Waals surface area contributed by atoms with E-state index < -0.39 is 18.9 Å². The van der Waals surface area contributed by atoms with Gasteiger partial charge in [-0.1, -0.05) is 0 Å². The number of nitrogens with zero attached hydrogens (tertiary/aromatic N) is 5. The van der Waals surface area contributed by atoms with Gasteiger partial charge in [0.2, 0.25) is 5.95 Å². The van der Waals surface area contributed by atoms with Crippen LogP contribution in [0.3, 0.4) is 0 Å². The van der Waals surface area contributed by atoms with Crippen LogP contribution in [-0.2, 0) is 9.47 Å². The minimum atomic E-state index is -4.51. The molecule has 1 aliphatic heterocycles. The largest absolute Gasteiger partial charge is 0.411 e. The van der Waals surface area contributed by atoms with Crippen LogP contribution in [0, 0.1) is 5.41 Å². The van der Waals surface area contributed by atoms with E-state index in [1.54, 1.807) is 12.3 Å². The van der Waals surface area contributed by atoms with Crippen molar-refractivity contribution in [2.24, 2.45) is 0 Å². The van der Waals surface area contributed by atoms with Gasteiger partial charge in [-0.15, -0.1) is 0 Å². The van der Waals surface area contributed by atoms with E-state index in [9.17, 15) is 13.2 Å². The molecule has 0 radical (unpaired) electrons. The van der Waals surface area contributed by atoms with Gasteiger partial charge in [-0.25, -0.2) is 15.0 Å². The molecule has 0 saturated carbocycles. The highest BCUT2D eigenvalue weighted by Gasteiger charge is 2.31. The molecule has 0 spiro atoms. The lowest BCUT2D eigenvalue weighted by Crippen LogP contribution is -2.50. The van der Waals surface area contributed by atoms with Crippen LogP contribution >= 0.6 is 0 Å². The molecular formula is C22H32F3N9O2. The summed E-state index contributed by atoms with van der Waals surface area (Å²) < 4.78 is 48.7. The van der Waals surface area contributed by atoms with Crippen molar-refractivity contribution >= 4 is 29.0 Å². The molecular weight excluding hydrogens is 479 g/mol. The van der Waals surface area contributed by atoms with Crippen LogP contribution < -0.4 is 20.9 Å². The van der Waals surface area contributed by atoms with Crippen molar-refractivity contribution in [1.82, 2.24) is 25.3 Å². The summed E-state index contributed by atoms with van der Waals surface area (Å²) in [5.74, 6) is 1.12. The maximum atomic E-state index is 12.8. The van der Waals surface area contributed by atoms with Crippen LogP contribution in [0.1, 0.15) is 26.5 Å². The normalized spacial score (nSPS) is 17.1. The Morgan fingerprint density at radius 1 is 1.36 bits per heavy atom. The van der Waals surface area contributed by atoms with Gasteiger partial charge in [0.15, 0.2) is 5.82 Å². The molecule has 0 amide bonds. The summed E-state index contributed by atoms with van der Waals surface area (Å²) >= 11 is 0. The van der Waals surface area contributed by atoms with E-state index in [-0.39, 0.29) is 17.4 Å². The first-order valence-corrected chi connectivity index (χ1v) is 11.7. The van der Waals surface area contributed by atoms with E-state index in [2.05, 4.69) is 30.9 Å². The van der Waals surface area contributed by atoms with Gasteiger partial charge in [0, 0.05) is 45.0 Å². The molecule has 1 aliphatic rings. The van der Waals surface area contributed by atoms with Gasteiger partial charge in [0.05, 0.1) is 18.4 Å². The quantitative estimate of drug-likeness (QED) is 0.249. The SMILES string of the molecule is CCOCCNc1c(Nc2ccncn2)nc(N2CCN[C@H](C)C2)nc1C(=N)C(C)OCC(F)(F)F. The fraction of sp³-hybridized carbons (Fsp3) is 0.591. The molecule has 0 aliphatic carbocycles. The molecule has 14 heteroatoms. The summed E-state index contributed by atoms with van der Waals surface area (Å²) in [6, 6.07) is 1.83. The molecule has 0 bridgehead atoms. The van der Waals surface area contributed by atoms with Crippen molar-refractivity contribution in [2.75, 3.05) is 61.5 Å². The summed E-state index contributed by atoms with van der Waals surface area (Å²) in [6.45, 7) is 7.04. The Balaban J connectivity index is 2.03. The lowest BCUT2D eigenvalue weighted by atomic mass is 10.1. The maximum Gasteiger partial charge on any atom is 0.411 e. The third kappa shape index (κ3) is 7.96. The molecule has 11 nitrogen and oxygen atoms in total. The van der Waals surface area contributed by atoms with Crippen LogP contribution in [0.15, 0.2) is 18.6 Å². The van der Waals surface area contributed by atoms with Crippen molar-refractivity contribution < 1.29 is 22.6 Å². The Morgan fingerprint density at radius 3 is 2.83 bits per heavy atom. The van der Waals surface area contributed by atoms with Crippen molar-refractivity contribution in [2.45, 2.75) is 39.1 Å². The zero-order chi connectivity index (χ0) is 26.1. The molecule has 3 rings (SSSR count). The first kappa shape index (κ1) is 27.5. The van der Waals surface area contributed by atoms with Crippen LogP contribution in [0.4, 0.5) is 36.4 Å². The fourth-order valence-corrected chi connectivity index (χ4v) is 3.53. The summed E-state index contributed by atoms with van der Waals surface area (Å²) in [7, 11) is 0. The fourth-order valence-electron chi connectivity index (χ4n) is 3.53. The highest BCUT2D eigenvalue weighted by Crippen LogP contribution is 2.30. The van der Waals surface area contributed by atoms with E-state index in [4.69, 9.17) is 19.9 Å². The molecule has 1 fully saturated rings. The lowest BCUT2D eigenvalue weighted by Gasteiger charge is -2.32. The Kier molecular flexibility index (Phi) is 9.73. The summed E-state index contributed by atoms with van der Waals surface area (Å²) in [5.41, 5.74) is 0.261. The van der Waals surface area contributed by atoms with Crippen LogP contribution in [0.25, 0.3) is 0 Å². The zero-order valence-electron chi connectivity index (χ0n) is 20.5. The number of halogens is 3. The second-order valence-electron chi connectivity index (χ2n) is 8.22. The summed E-state index contributed by atoms with van der Waals surface area (Å²) in [4.78, 5) is 19.4. The zero-order valence-corrected chi connectivity index (χ0v) is 20.5. The highest BCUT2D eigenvalue weighted by molar-refractivity contribution is 6.06. The molecule has 4 N–H and O–H groups in total. The number of nitrogens with one attached hydrogen (secondary N) is 4. The van der Waals surface area contributed by atoms with Gasteiger partial charge < -0.3 is 35.7 Å². The van der Waals surface area contributed by atoms with Gasteiger partial charge in [-0.05, 0) is 26.8 Å². The number of hydrogen-bond acceptors (Lipinski definition) is 11. The molecule has 36 heavy (non-hydrogen) atoms. The third-order valence-electron chi connectivity index (χ3n) is 5.29. The molecule has 198 valence electrons. The standard InChI is InChI=1S/C22H32F3N9O2/c1-4-35-10-8-29-19-18(17(26)15(3)36-12-22(23,24)25)32-21(34-9-7-28-14(2)11-34)33-20(19)31-16-5-6-27-13-30-16/h5-6,13-15,26,28-29H,4,7-12H2,1-3H3,(H,27,30,31,32,33)/t14-,15?/m1/s1. The van der Waals surface area contributed by atoms with E-state index in [0.29, 0.717) is 62.7 Å². The van der Waals surface area contributed by atoms with Crippen molar-refractivity contribution in [1.29, 1.82) is 5.41 Å². The average molecular weight is 512 g/mol. The molecule has 0 aromatic carbocycles. The molecule has 1 saturated heterocycles. The summed E-state index contributed by atoms with van der Waals surface area (Å²) in [5, 5.41) is 18.3. The van der Waals surface area contributed by atoms with E-state index in [0.717, 1.165) is 0 Å². The minimum Gasteiger partial charge on any atom is -0.380 e. The number of ether oxygens (including phenoxy) is 2. The van der Waals surface area contributed by atoms with Gasteiger partial charge in [0.1, 0.15) is 30.1 Å². The smallest absolute Gasteiger partial charge is 0.380 e. The number of piperazine rings is 1. The summed E-state index contributed by atoms with van der Waals surface area (Å²) in [6.07, 6.45) is -2.75. The topological polar surface area (TPSA) is 133 Å². The van der Waals surface area contributed by atoms with Gasteiger partial charge in [-0.2, -0.15) is 18.2 Å². The minimum absolute atomic E-state index is 0.133. The first-order valence-electron chi connectivity index (χ1n) is 11.7. The second-order valence-corrected chi connectivity index (χ2v) is 8.22. The van der Waals surface area contributed by atoms with Crippen molar-refractivity contribution in [3.05, 3.63) is 24.3 Å². The Labute approximate surface area is 207 Å². The monoisotopic (exact) mass is 511 g/mol. The van der Waals surface area contributed by atoms with E-state index >= 15 is 0 Å². The number of rotatable bonds is 12. The van der Waals surface area contributed by atoms with E-state index in [1.807, 2.05) is 18.7 Å². The van der Waals surface area contributed by atoms with Gasteiger partial charge in [-0.3, -0.25) is 0 Å². The molecule has 2 aromatic heterocycles. The van der Waals surface area contributed by atoms with Crippen LogP contribution in [0.2, 0.25) is 0 Å². The van der Waals surface area contributed by atoms with Crippen molar-refractivity contribution in [3.8, 4) is 0 Å². The predicted molar refractivity (Wildman–Crippen MR) is 130 cm³/mol. The number of hydrogen-bond donors (Lipinski definition) is 4. The molecule has 2 atom stereocenters. The number of alkyl halides is 3. The molecule has 2 aromatic rings. The third-order valence-corrected chi connectivity index (χ3v) is 5.29. The lowest BCUT2D eigenvalue weighted by molar-refractivity contribution is -0.177. The first-order chi connectivity index (χ1) is 17.2. The van der Waals surface area contributed by atoms with Crippen LogP contribution in [0.5, 0.6) is 0 Å². The Morgan fingerprint density at radius 2 is 2.17 bits per heavy atom. The molecule has 3 heterocycles. The number of anilines is 4. The van der Waals surface area contributed by atoms with Gasteiger partial charge >= 0.3 is 6.18 Å². The maximum absolute atomic E-state index is 12.8. The molecule has 1 unspecified atom stereocenters. The number of aromatic nitrogens is 4. The second kappa shape index (κ2) is 12.7. The van der Waals surface area contributed by atoms with Gasteiger partial charge in [0.25, 0.3) is 0 Å². The Hall–Kier alpha value is -3.10. The Bertz CT molecular complexity index is 995. The average Bonchev–Trinajstić information content (AvgIpc) is 2.85. The van der Waals surface area contributed by atoms with E-state index in [1.165, 1.54) is 13.3 Å². The highest BCUT2D eigenvalue weighted by atomic mass is 19.4. The van der Waals surface area contributed by atoms with Crippen molar-refractivity contribution in [3.63, 3.8) is 0 Å². The predicted octanol–water partition coefficient (Wildman–Crippen LogP) is 2.59.